The number of nitrogens with one attached hydrogen (secondary N) is 1. The zero-order valence-corrected chi connectivity index (χ0v) is 12.8. The SMILES string of the molecule is CC(C)(C)Sc1cnccc1NC(=O)C(C)(C)C. The average Bonchev–Trinajstić information content (AvgIpc) is 2.17. The second-order valence-electron chi connectivity index (χ2n) is 6.29. The number of nitrogens with zero attached hydrogens (tertiary/aromatic N) is 1. The van der Waals surface area contributed by atoms with Gasteiger partial charge < -0.3 is 5.32 Å². The van der Waals surface area contributed by atoms with Gasteiger partial charge in [-0.15, -0.1) is 11.8 Å². The first kappa shape index (κ1) is 15.0. The minimum absolute atomic E-state index is 0.0180. The fourth-order valence-corrected chi connectivity index (χ4v) is 2.21. The molecule has 18 heavy (non-hydrogen) atoms. The van der Waals surface area contributed by atoms with Gasteiger partial charge in [0.1, 0.15) is 0 Å². The predicted molar refractivity (Wildman–Crippen MR) is 77.9 cm³/mol. The van der Waals surface area contributed by atoms with Crippen molar-refractivity contribution in [3.05, 3.63) is 18.5 Å². The van der Waals surface area contributed by atoms with Gasteiger partial charge in [-0.25, -0.2) is 0 Å². The van der Waals surface area contributed by atoms with E-state index in [2.05, 4.69) is 31.1 Å². The van der Waals surface area contributed by atoms with Crippen molar-refractivity contribution >= 4 is 23.4 Å². The predicted octanol–water partition coefficient (Wildman–Crippen LogP) is 3.96. The summed E-state index contributed by atoms with van der Waals surface area (Å²) in [5.74, 6) is 0.0180. The van der Waals surface area contributed by atoms with Gasteiger partial charge >= 0.3 is 0 Å². The van der Waals surface area contributed by atoms with Crippen LogP contribution in [0.4, 0.5) is 5.69 Å². The van der Waals surface area contributed by atoms with E-state index in [1.165, 1.54) is 0 Å². The topological polar surface area (TPSA) is 42.0 Å². The largest absolute Gasteiger partial charge is 0.325 e. The molecule has 1 heterocycles. The summed E-state index contributed by atoms with van der Waals surface area (Å²) >= 11 is 1.70. The monoisotopic (exact) mass is 266 g/mol. The van der Waals surface area contributed by atoms with Crippen LogP contribution in [-0.2, 0) is 4.79 Å². The molecule has 1 aromatic rings. The number of carbonyl (C=O) groups is 1. The smallest absolute Gasteiger partial charge is 0.229 e. The van der Waals surface area contributed by atoms with E-state index in [1.54, 1.807) is 24.2 Å². The van der Waals surface area contributed by atoms with Crippen molar-refractivity contribution in [1.29, 1.82) is 0 Å². The zero-order chi connectivity index (χ0) is 14.0. The number of aromatic nitrogens is 1. The Bertz CT molecular complexity index is 430. The van der Waals surface area contributed by atoms with Gasteiger partial charge in [-0.3, -0.25) is 9.78 Å². The molecule has 1 N–H and O–H groups in total. The summed E-state index contributed by atoms with van der Waals surface area (Å²) in [4.78, 5) is 17.1. The first-order valence-electron chi connectivity index (χ1n) is 6.04. The van der Waals surface area contributed by atoms with Gasteiger partial charge in [-0.05, 0) is 6.07 Å². The van der Waals surface area contributed by atoms with Crippen LogP contribution in [0.25, 0.3) is 0 Å². The van der Waals surface area contributed by atoms with Gasteiger partial charge in [0.25, 0.3) is 0 Å². The lowest BCUT2D eigenvalue weighted by atomic mass is 9.95. The van der Waals surface area contributed by atoms with Crippen molar-refractivity contribution in [2.45, 2.75) is 51.2 Å². The van der Waals surface area contributed by atoms with E-state index in [-0.39, 0.29) is 10.7 Å². The van der Waals surface area contributed by atoms with E-state index >= 15 is 0 Å². The van der Waals surface area contributed by atoms with Crippen LogP contribution in [-0.4, -0.2) is 15.6 Å². The van der Waals surface area contributed by atoms with E-state index in [0.29, 0.717) is 0 Å². The van der Waals surface area contributed by atoms with Gasteiger partial charge in [0.15, 0.2) is 0 Å². The van der Waals surface area contributed by atoms with Gasteiger partial charge in [-0.1, -0.05) is 41.5 Å². The maximum atomic E-state index is 12.0. The maximum Gasteiger partial charge on any atom is 0.229 e. The third-order valence-electron chi connectivity index (χ3n) is 2.13. The summed E-state index contributed by atoms with van der Waals surface area (Å²) in [5.41, 5.74) is 0.442. The lowest BCUT2D eigenvalue weighted by molar-refractivity contribution is -0.123. The number of carbonyl (C=O) groups excluding carboxylic acids is 1. The molecule has 0 saturated heterocycles. The molecule has 0 radical (unpaired) electrons. The molecule has 4 heteroatoms. The normalized spacial score (nSPS) is 12.3. The molecule has 0 unspecified atom stereocenters. The highest BCUT2D eigenvalue weighted by Gasteiger charge is 2.23. The minimum atomic E-state index is -0.396. The zero-order valence-electron chi connectivity index (χ0n) is 12.0. The second-order valence-corrected chi connectivity index (χ2v) is 8.16. The van der Waals surface area contributed by atoms with Crippen molar-refractivity contribution in [2.24, 2.45) is 5.41 Å². The number of hydrogen-bond acceptors (Lipinski definition) is 3. The molecule has 3 nitrogen and oxygen atoms in total. The third kappa shape index (κ3) is 4.69. The molecule has 0 aromatic carbocycles. The molecule has 0 fully saturated rings. The highest BCUT2D eigenvalue weighted by Crippen LogP contribution is 2.36. The number of amides is 1. The fraction of sp³-hybridized carbons (Fsp3) is 0.571. The van der Waals surface area contributed by atoms with Gasteiger partial charge in [0, 0.05) is 27.5 Å². The number of thioether (sulfide) groups is 1. The molecule has 0 atom stereocenters. The van der Waals surface area contributed by atoms with Crippen LogP contribution >= 0.6 is 11.8 Å². The summed E-state index contributed by atoms with van der Waals surface area (Å²) in [6.45, 7) is 12.1. The number of rotatable bonds is 2. The average molecular weight is 266 g/mol. The Morgan fingerprint density at radius 1 is 1.22 bits per heavy atom. The molecule has 1 rings (SSSR count). The molecule has 0 aliphatic carbocycles. The lowest BCUT2D eigenvalue weighted by Gasteiger charge is -2.22. The number of hydrogen-bond donors (Lipinski definition) is 1. The van der Waals surface area contributed by atoms with Crippen molar-refractivity contribution in [1.82, 2.24) is 4.98 Å². The highest BCUT2D eigenvalue weighted by atomic mass is 32.2. The summed E-state index contributed by atoms with van der Waals surface area (Å²) in [7, 11) is 0. The maximum absolute atomic E-state index is 12.0. The van der Waals surface area contributed by atoms with E-state index in [9.17, 15) is 4.79 Å². The Balaban J connectivity index is 2.93. The Labute approximate surface area is 114 Å². The van der Waals surface area contributed by atoms with Crippen LogP contribution in [0, 0.1) is 5.41 Å². The lowest BCUT2D eigenvalue weighted by Crippen LogP contribution is -2.28. The first-order valence-corrected chi connectivity index (χ1v) is 6.86. The van der Waals surface area contributed by atoms with Crippen molar-refractivity contribution in [3.8, 4) is 0 Å². The standard InChI is InChI=1S/C14H22N2OS/c1-13(2,3)12(17)16-10-7-8-15-9-11(10)18-14(4,5)6/h7-9H,1-6H3,(H,15,16,17). The van der Waals surface area contributed by atoms with Crippen molar-refractivity contribution in [3.63, 3.8) is 0 Å². The van der Waals surface area contributed by atoms with Crippen LogP contribution in [0.5, 0.6) is 0 Å². The molecular weight excluding hydrogens is 244 g/mol. The molecule has 0 bridgehead atoms. The van der Waals surface area contributed by atoms with Crippen LogP contribution < -0.4 is 5.32 Å². The molecule has 0 aliphatic heterocycles. The summed E-state index contributed by atoms with van der Waals surface area (Å²) in [5, 5.41) is 2.97. The molecule has 1 aromatic heterocycles. The molecule has 1 amide bonds. The van der Waals surface area contributed by atoms with Crippen molar-refractivity contribution < 1.29 is 4.79 Å². The molecular formula is C14H22N2OS. The van der Waals surface area contributed by atoms with Gasteiger partial charge in [0.2, 0.25) is 5.91 Å². The van der Waals surface area contributed by atoms with Gasteiger partial charge in [0.05, 0.1) is 5.69 Å². The highest BCUT2D eigenvalue weighted by molar-refractivity contribution is 8.00. The first-order chi connectivity index (χ1) is 8.09. The van der Waals surface area contributed by atoms with Crippen LogP contribution in [0.3, 0.4) is 0 Å². The molecule has 0 saturated carbocycles. The number of pyridine rings is 1. The van der Waals surface area contributed by atoms with Crippen LogP contribution in [0.2, 0.25) is 0 Å². The van der Waals surface area contributed by atoms with E-state index < -0.39 is 5.41 Å². The molecule has 0 aliphatic rings. The Hall–Kier alpha value is -1.03. The summed E-state index contributed by atoms with van der Waals surface area (Å²) in [6, 6.07) is 1.84. The molecule has 100 valence electrons. The van der Waals surface area contributed by atoms with Crippen molar-refractivity contribution in [2.75, 3.05) is 5.32 Å². The van der Waals surface area contributed by atoms with Gasteiger partial charge in [-0.2, -0.15) is 0 Å². The van der Waals surface area contributed by atoms with E-state index in [1.807, 2.05) is 26.8 Å². The van der Waals surface area contributed by atoms with E-state index in [4.69, 9.17) is 0 Å². The Kier molecular flexibility index (Phi) is 4.43. The quantitative estimate of drug-likeness (QED) is 0.824. The third-order valence-corrected chi connectivity index (χ3v) is 3.29. The summed E-state index contributed by atoms with van der Waals surface area (Å²) in [6.07, 6.45) is 3.50. The van der Waals surface area contributed by atoms with E-state index in [0.717, 1.165) is 10.6 Å². The molecule has 0 spiro atoms. The number of anilines is 1. The Morgan fingerprint density at radius 2 is 1.83 bits per heavy atom. The minimum Gasteiger partial charge on any atom is -0.325 e. The van der Waals surface area contributed by atoms with Crippen LogP contribution in [0.15, 0.2) is 23.4 Å². The van der Waals surface area contributed by atoms with Crippen LogP contribution in [0.1, 0.15) is 41.5 Å². The summed E-state index contributed by atoms with van der Waals surface area (Å²) < 4.78 is 0.0875. The Morgan fingerprint density at radius 3 is 2.33 bits per heavy atom. The second kappa shape index (κ2) is 5.31. The fourth-order valence-electron chi connectivity index (χ4n) is 1.20.